The molecule has 0 aromatic carbocycles. The first-order valence-corrected chi connectivity index (χ1v) is 29.3. The van der Waals surface area contributed by atoms with Gasteiger partial charge < -0.3 is 65.8 Å². The molecule has 24 heteroatoms. The standard InChI is InChI=1S/C59H105N11O13/c1-23-25-26-37(13)49(73)48-53(77)62-40(24-2)55(79)64(16)30-45(72)65(17)44(31-71)52(76)63-46(35(9)10)58(82)66(18)41(27-32(3)4)51(75)60-38(14)50(74)61-39(15)54(78)67(19)42(28-33(5)6)56(80)68(20)43(29-34(7)8)57(81)69(21)47(36(11)12)59(83)70(48)22/h23,25,32-44,46-49,71,73H,24,26-31H2,1-22H3,(H,60,75)(H,61,74)(H,62,77)(H,63,76)/b25-23+/t37-,38+,39-,40+,41+,42+,43+,44+,46+,47+,48+,49-/m1/s1. The Morgan fingerprint density at radius 2 is 0.940 bits per heavy atom. The van der Waals surface area contributed by atoms with E-state index in [0.29, 0.717) is 6.42 Å². The second kappa shape index (κ2) is 34.0. The SMILES string of the molecule is C/C=C/C[C@@H](C)[C@@H](O)[C@H]1C(=O)N[C@@H](CC)C(=O)N(C)CC(=O)N(C)[C@@H](CO)C(=O)N[C@@H](C(C)C)C(=O)N(C)[C@@H](CC(C)C)C(=O)N[C@@H](C)C(=O)N[C@H](C)C(=O)N(C)[C@@H](CC(C)C)C(=O)N(C)[C@@H](CC(C)C)C(=O)N(C)[C@@H](C(C)C)C(=O)N1C. The highest BCUT2D eigenvalue weighted by atomic mass is 16.3. The average Bonchev–Trinajstić information content (AvgIpc) is 3.59. The van der Waals surface area contributed by atoms with Crippen LogP contribution in [-0.2, 0) is 52.7 Å². The van der Waals surface area contributed by atoms with Crippen LogP contribution in [0.15, 0.2) is 12.2 Å². The number of aliphatic hydroxyl groups is 2. The molecular weight excluding hydrogens is 1070 g/mol. The predicted octanol–water partition coefficient (Wildman–Crippen LogP) is 1.22. The molecule has 0 bridgehead atoms. The fourth-order valence-corrected chi connectivity index (χ4v) is 10.2. The number of rotatable bonds is 14. The summed E-state index contributed by atoms with van der Waals surface area (Å²) in [6, 6.07) is -13.1. The lowest BCUT2D eigenvalue weighted by molar-refractivity contribution is -0.157. The molecule has 474 valence electrons. The lowest BCUT2D eigenvalue weighted by Gasteiger charge is -2.41. The van der Waals surface area contributed by atoms with Crippen LogP contribution in [0.2, 0.25) is 0 Å². The van der Waals surface area contributed by atoms with Gasteiger partial charge in [-0.05, 0) is 88.4 Å². The highest BCUT2D eigenvalue weighted by Crippen LogP contribution is 2.25. The quantitative estimate of drug-likeness (QED) is 0.134. The van der Waals surface area contributed by atoms with Gasteiger partial charge in [0.15, 0.2) is 0 Å². The van der Waals surface area contributed by atoms with Crippen LogP contribution in [0.5, 0.6) is 0 Å². The number of nitrogens with zero attached hydrogens (tertiary/aromatic N) is 7. The third-order valence-electron chi connectivity index (χ3n) is 15.6. The van der Waals surface area contributed by atoms with Gasteiger partial charge in [0.05, 0.1) is 19.3 Å². The fourth-order valence-electron chi connectivity index (χ4n) is 10.2. The molecule has 0 aliphatic carbocycles. The van der Waals surface area contributed by atoms with Crippen molar-refractivity contribution in [3.05, 3.63) is 12.2 Å². The van der Waals surface area contributed by atoms with Gasteiger partial charge >= 0.3 is 0 Å². The Hall–Kier alpha value is -6.17. The van der Waals surface area contributed by atoms with Crippen molar-refractivity contribution in [2.75, 3.05) is 62.5 Å². The van der Waals surface area contributed by atoms with Crippen LogP contribution >= 0.6 is 0 Å². The van der Waals surface area contributed by atoms with Crippen LogP contribution in [0, 0.1) is 35.5 Å². The van der Waals surface area contributed by atoms with Crippen LogP contribution in [0.1, 0.15) is 136 Å². The normalized spacial score (nSPS) is 27.2. The van der Waals surface area contributed by atoms with Crippen molar-refractivity contribution in [2.24, 2.45) is 35.5 Å². The first-order valence-electron chi connectivity index (χ1n) is 29.3. The topological polar surface area (TPSA) is 299 Å². The molecule has 1 saturated heterocycles. The molecule has 0 radical (unpaired) electrons. The van der Waals surface area contributed by atoms with E-state index in [2.05, 4.69) is 21.3 Å². The molecule has 83 heavy (non-hydrogen) atoms. The highest BCUT2D eigenvalue weighted by molar-refractivity contribution is 5.99. The third-order valence-corrected chi connectivity index (χ3v) is 15.6. The zero-order valence-electron chi connectivity index (χ0n) is 53.9. The number of carbonyl (C=O) groups excluding carboxylic acids is 11. The van der Waals surface area contributed by atoms with Crippen molar-refractivity contribution in [1.82, 2.24) is 55.6 Å². The summed E-state index contributed by atoms with van der Waals surface area (Å²) in [6.45, 7) is 24.2. The molecule has 0 aromatic rings. The van der Waals surface area contributed by atoms with Gasteiger partial charge in [0.1, 0.15) is 60.4 Å². The largest absolute Gasteiger partial charge is 0.394 e. The van der Waals surface area contributed by atoms with Crippen molar-refractivity contribution < 1.29 is 63.0 Å². The number of amides is 11. The van der Waals surface area contributed by atoms with E-state index in [4.69, 9.17) is 0 Å². The summed E-state index contributed by atoms with van der Waals surface area (Å²) in [6.07, 6.45) is 2.72. The van der Waals surface area contributed by atoms with Gasteiger partial charge in [-0.3, -0.25) is 52.7 Å². The van der Waals surface area contributed by atoms with Crippen LogP contribution in [-0.4, -0.2) is 238 Å². The highest BCUT2D eigenvalue weighted by Gasteiger charge is 2.45. The van der Waals surface area contributed by atoms with Crippen LogP contribution in [0.3, 0.4) is 0 Å². The molecule has 24 nitrogen and oxygen atoms in total. The maximum absolute atomic E-state index is 15.1. The van der Waals surface area contributed by atoms with Crippen molar-refractivity contribution in [3.8, 4) is 0 Å². The zero-order chi connectivity index (χ0) is 64.4. The maximum Gasteiger partial charge on any atom is 0.246 e. The number of likely N-dealkylation sites (N-methyl/N-ethyl adjacent to an activating group) is 7. The van der Waals surface area contributed by atoms with E-state index in [0.717, 1.165) is 19.6 Å². The number of aliphatic hydroxyl groups excluding tert-OH is 2. The van der Waals surface area contributed by atoms with Crippen molar-refractivity contribution in [1.29, 1.82) is 0 Å². The lowest BCUT2D eigenvalue weighted by Crippen LogP contribution is -2.63. The summed E-state index contributed by atoms with van der Waals surface area (Å²) < 4.78 is 0. The van der Waals surface area contributed by atoms with Crippen LogP contribution < -0.4 is 21.3 Å². The Morgan fingerprint density at radius 1 is 0.494 bits per heavy atom. The Kier molecular flexibility index (Phi) is 30.6. The van der Waals surface area contributed by atoms with Crippen molar-refractivity contribution in [2.45, 2.75) is 202 Å². The molecule has 0 unspecified atom stereocenters. The first kappa shape index (κ1) is 74.8. The van der Waals surface area contributed by atoms with Gasteiger partial charge in [0, 0.05) is 49.3 Å². The summed E-state index contributed by atoms with van der Waals surface area (Å²) in [5.41, 5.74) is 0. The number of nitrogens with one attached hydrogen (secondary N) is 4. The smallest absolute Gasteiger partial charge is 0.246 e. The average molecular weight is 1180 g/mol. The zero-order valence-corrected chi connectivity index (χ0v) is 53.9. The first-order chi connectivity index (χ1) is 38.4. The van der Waals surface area contributed by atoms with E-state index in [-0.39, 0.29) is 43.4 Å². The molecule has 11 amide bonds. The summed E-state index contributed by atoms with van der Waals surface area (Å²) in [5, 5.41) is 33.2. The fraction of sp³-hybridized carbons (Fsp3) is 0.780. The number of carbonyl (C=O) groups is 11. The third kappa shape index (κ3) is 20.5. The predicted molar refractivity (Wildman–Crippen MR) is 316 cm³/mol. The minimum Gasteiger partial charge on any atom is -0.394 e. The molecule has 0 aromatic heterocycles. The van der Waals surface area contributed by atoms with E-state index in [1.807, 2.05) is 41.5 Å². The van der Waals surface area contributed by atoms with E-state index in [9.17, 15) is 53.4 Å². The van der Waals surface area contributed by atoms with Gasteiger partial charge in [-0.2, -0.15) is 0 Å². The Morgan fingerprint density at radius 3 is 1.40 bits per heavy atom. The summed E-state index contributed by atoms with van der Waals surface area (Å²) >= 11 is 0. The monoisotopic (exact) mass is 1180 g/mol. The van der Waals surface area contributed by atoms with Gasteiger partial charge in [-0.25, -0.2) is 0 Å². The van der Waals surface area contributed by atoms with Crippen molar-refractivity contribution >= 4 is 65.0 Å². The molecule has 1 aliphatic rings. The Bertz CT molecular complexity index is 2280. The Labute approximate surface area is 494 Å². The molecule has 6 N–H and O–H groups in total. The molecule has 1 aliphatic heterocycles. The molecule has 0 saturated carbocycles. The van der Waals surface area contributed by atoms with E-state index in [1.165, 1.54) is 77.9 Å². The number of hydrogen-bond donors (Lipinski definition) is 6. The second-order valence-corrected chi connectivity index (χ2v) is 24.6. The van der Waals surface area contributed by atoms with Gasteiger partial charge in [-0.15, -0.1) is 0 Å². The summed E-state index contributed by atoms with van der Waals surface area (Å²) in [5.74, 6) is -10.5. The molecule has 1 heterocycles. The van der Waals surface area contributed by atoms with Gasteiger partial charge in [0.2, 0.25) is 65.0 Å². The van der Waals surface area contributed by atoms with Crippen molar-refractivity contribution in [3.63, 3.8) is 0 Å². The lowest BCUT2D eigenvalue weighted by atomic mass is 9.91. The molecule has 0 spiro atoms. The van der Waals surface area contributed by atoms with E-state index in [1.54, 1.807) is 60.6 Å². The second-order valence-electron chi connectivity index (χ2n) is 24.6. The summed E-state index contributed by atoms with van der Waals surface area (Å²) in [7, 11) is 9.53. The minimum atomic E-state index is -1.63. The molecular formula is C59H105N11O13. The van der Waals surface area contributed by atoms with Crippen LogP contribution in [0.4, 0.5) is 0 Å². The number of hydrogen-bond acceptors (Lipinski definition) is 13. The van der Waals surface area contributed by atoms with Crippen LogP contribution in [0.25, 0.3) is 0 Å². The molecule has 1 rings (SSSR count). The van der Waals surface area contributed by atoms with E-state index >= 15 is 9.59 Å². The number of allylic oxidation sites excluding steroid dienone is 2. The minimum absolute atomic E-state index is 0.0155. The molecule has 1 fully saturated rings. The maximum atomic E-state index is 15.1. The van der Waals surface area contributed by atoms with Gasteiger partial charge in [-0.1, -0.05) is 95.2 Å². The Balaban J connectivity index is 4.26. The van der Waals surface area contributed by atoms with E-state index < -0.39 is 162 Å². The summed E-state index contributed by atoms with van der Waals surface area (Å²) in [4.78, 5) is 166. The molecule has 12 atom stereocenters. The van der Waals surface area contributed by atoms with Gasteiger partial charge in [0.25, 0.3) is 0 Å².